The van der Waals surface area contributed by atoms with Gasteiger partial charge < -0.3 is 10.4 Å². The van der Waals surface area contributed by atoms with E-state index in [-0.39, 0.29) is 39.9 Å². The molecular weight excluding hydrogens is 478 g/mol. The van der Waals surface area contributed by atoms with Crippen LogP contribution < -0.4 is 10.9 Å². The fourth-order valence-electron chi connectivity index (χ4n) is 3.41. The molecule has 12 heteroatoms. The molecule has 0 spiro atoms. The molecule has 0 saturated heterocycles. The normalized spacial score (nSPS) is 11.7. The lowest BCUT2D eigenvalue weighted by Gasteiger charge is -2.10. The summed E-state index contributed by atoms with van der Waals surface area (Å²) in [4.78, 5) is 25.5. The Hall–Kier alpha value is -3.64. The molecule has 1 amide bonds. The fourth-order valence-corrected chi connectivity index (χ4v) is 5.06. The van der Waals surface area contributed by atoms with Gasteiger partial charge in [-0.3, -0.25) is 18.6 Å². The average Bonchev–Trinajstić information content (AvgIpc) is 3.25. The summed E-state index contributed by atoms with van der Waals surface area (Å²) in [6.07, 6.45) is 1.59. The van der Waals surface area contributed by atoms with Crippen LogP contribution in [0.2, 0.25) is 0 Å². The molecule has 0 fully saturated rings. The summed E-state index contributed by atoms with van der Waals surface area (Å²) in [5.74, 6) is -0.611. The zero-order chi connectivity index (χ0) is 24.5. The number of fused-ring (bicyclic) bond motifs is 3. The van der Waals surface area contributed by atoms with Crippen molar-refractivity contribution >= 4 is 49.9 Å². The Labute approximate surface area is 198 Å². The Morgan fingerprint density at radius 2 is 2.00 bits per heavy atom. The number of nitrogens with one attached hydrogen (secondary N) is 1. The molecule has 2 aromatic carbocycles. The molecule has 2 aromatic heterocycles. The number of aromatic hydroxyl groups is 1. The highest BCUT2D eigenvalue weighted by Crippen LogP contribution is 2.28. The molecule has 0 unspecified atom stereocenters. The number of carbonyl (C=O) groups is 1. The second-order valence-electron chi connectivity index (χ2n) is 7.26. The number of phenolic OH excluding ortho intramolecular Hbond substituents is 1. The number of aromatic nitrogens is 4. The number of sulfone groups is 1. The van der Waals surface area contributed by atoms with Gasteiger partial charge in [0.05, 0.1) is 33.0 Å². The van der Waals surface area contributed by atoms with Gasteiger partial charge in [-0.15, -0.1) is 16.8 Å². The molecule has 0 saturated carbocycles. The van der Waals surface area contributed by atoms with E-state index >= 15 is 0 Å². The number of thioether (sulfide) groups is 1. The van der Waals surface area contributed by atoms with E-state index in [1.165, 1.54) is 29.7 Å². The highest BCUT2D eigenvalue weighted by molar-refractivity contribution is 7.99. The van der Waals surface area contributed by atoms with Crippen molar-refractivity contribution in [3.05, 3.63) is 65.5 Å². The number of nitrogens with zero attached hydrogens (tertiary/aromatic N) is 4. The zero-order valence-corrected chi connectivity index (χ0v) is 19.8. The maximum Gasteiger partial charge on any atom is 0.263 e. The van der Waals surface area contributed by atoms with Crippen molar-refractivity contribution < 1.29 is 18.3 Å². The Morgan fingerprint density at radius 1 is 1.24 bits per heavy atom. The molecule has 0 radical (unpaired) electrons. The number of anilines is 1. The summed E-state index contributed by atoms with van der Waals surface area (Å²) < 4.78 is 27.4. The maximum absolute atomic E-state index is 12.9. The van der Waals surface area contributed by atoms with Crippen molar-refractivity contribution in [2.24, 2.45) is 0 Å². The van der Waals surface area contributed by atoms with Gasteiger partial charge in [-0.05, 0) is 30.3 Å². The van der Waals surface area contributed by atoms with Crippen LogP contribution in [0.15, 0.2) is 70.0 Å². The van der Waals surface area contributed by atoms with Gasteiger partial charge in [-0.1, -0.05) is 36.9 Å². The number of rotatable bonds is 8. The Kier molecular flexibility index (Phi) is 6.44. The molecule has 2 N–H and O–H groups in total. The van der Waals surface area contributed by atoms with Crippen LogP contribution >= 0.6 is 11.8 Å². The van der Waals surface area contributed by atoms with Gasteiger partial charge in [0.2, 0.25) is 11.7 Å². The van der Waals surface area contributed by atoms with Crippen molar-refractivity contribution in [3.8, 4) is 5.75 Å². The van der Waals surface area contributed by atoms with E-state index < -0.39 is 15.7 Å². The minimum atomic E-state index is -3.50. The average molecular weight is 500 g/mol. The summed E-state index contributed by atoms with van der Waals surface area (Å²) in [7, 11) is -3.50. The van der Waals surface area contributed by atoms with Crippen LogP contribution in [0.25, 0.3) is 16.7 Å². The van der Waals surface area contributed by atoms with Crippen molar-refractivity contribution in [2.75, 3.05) is 16.8 Å². The van der Waals surface area contributed by atoms with E-state index in [9.17, 15) is 23.1 Å². The van der Waals surface area contributed by atoms with Crippen molar-refractivity contribution in [3.63, 3.8) is 0 Å². The van der Waals surface area contributed by atoms with E-state index in [0.29, 0.717) is 21.8 Å². The fraction of sp³-hybridized carbons (Fsp3) is 0.182. The molecule has 0 atom stereocenters. The maximum atomic E-state index is 12.9. The topological polar surface area (TPSA) is 136 Å². The molecule has 34 heavy (non-hydrogen) atoms. The van der Waals surface area contributed by atoms with E-state index in [1.807, 2.05) is 0 Å². The first-order chi connectivity index (χ1) is 16.3. The molecule has 2 heterocycles. The summed E-state index contributed by atoms with van der Waals surface area (Å²) >= 11 is 1.09. The first-order valence-electron chi connectivity index (χ1n) is 10.2. The van der Waals surface area contributed by atoms with E-state index in [2.05, 4.69) is 22.1 Å². The smallest absolute Gasteiger partial charge is 0.263 e. The Bertz CT molecular complexity index is 1590. The number of benzene rings is 2. The lowest BCUT2D eigenvalue weighted by molar-refractivity contribution is -0.113. The zero-order valence-electron chi connectivity index (χ0n) is 18.1. The third-order valence-corrected chi connectivity index (χ3v) is 7.76. The summed E-state index contributed by atoms with van der Waals surface area (Å²) in [6.45, 7) is 5.45. The standard InChI is InChI=1S/C22H21N5O5S2/c1-3-11-26-20(30)15-7-5-6-8-17(15)27-21(26)24-25-22(27)33-13-19(29)23-16-12-14(9-10-18(16)28)34(31,32)4-2/h3,5-10,12,28H,1,4,11,13H2,2H3,(H,23,29). The predicted octanol–water partition coefficient (Wildman–Crippen LogP) is 2.46. The second-order valence-corrected chi connectivity index (χ2v) is 10.5. The lowest BCUT2D eigenvalue weighted by Crippen LogP contribution is -2.22. The molecule has 0 aliphatic heterocycles. The highest BCUT2D eigenvalue weighted by Gasteiger charge is 2.18. The third kappa shape index (κ3) is 4.29. The predicted molar refractivity (Wildman–Crippen MR) is 130 cm³/mol. The van der Waals surface area contributed by atoms with Crippen LogP contribution in [0, 0.1) is 0 Å². The van der Waals surface area contributed by atoms with Gasteiger partial charge in [0.1, 0.15) is 5.75 Å². The van der Waals surface area contributed by atoms with Crippen molar-refractivity contribution in [2.45, 2.75) is 23.5 Å². The first kappa shape index (κ1) is 23.5. The molecule has 10 nitrogen and oxygen atoms in total. The number of amides is 1. The minimum absolute atomic E-state index is 0.00324. The molecule has 176 valence electrons. The van der Waals surface area contributed by atoms with E-state index in [1.54, 1.807) is 34.7 Å². The Morgan fingerprint density at radius 3 is 2.74 bits per heavy atom. The highest BCUT2D eigenvalue weighted by atomic mass is 32.2. The van der Waals surface area contributed by atoms with Crippen LogP contribution in [0.3, 0.4) is 0 Å². The monoisotopic (exact) mass is 499 g/mol. The number of para-hydroxylation sites is 1. The molecule has 0 aliphatic rings. The molecule has 0 aliphatic carbocycles. The van der Waals surface area contributed by atoms with Gasteiger partial charge in [-0.25, -0.2) is 8.42 Å². The Balaban J connectivity index is 1.63. The first-order valence-corrected chi connectivity index (χ1v) is 12.9. The largest absolute Gasteiger partial charge is 0.506 e. The van der Waals surface area contributed by atoms with Crippen LogP contribution in [0.1, 0.15) is 6.92 Å². The number of hydrogen-bond donors (Lipinski definition) is 2. The van der Waals surface area contributed by atoms with Gasteiger partial charge in [-0.2, -0.15) is 0 Å². The van der Waals surface area contributed by atoms with Gasteiger partial charge >= 0.3 is 0 Å². The van der Waals surface area contributed by atoms with Crippen LogP contribution in [-0.4, -0.2) is 50.1 Å². The molecular formula is C22H21N5O5S2. The van der Waals surface area contributed by atoms with Crippen LogP contribution in [0.5, 0.6) is 5.75 Å². The van der Waals surface area contributed by atoms with E-state index in [4.69, 9.17) is 0 Å². The number of hydrogen-bond acceptors (Lipinski definition) is 8. The quantitative estimate of drug-likeness (QED) is 0.214. The SMILES string of the molecule is C=CCn1c(=O)c2ccccc2n2c(SCC(=O)Nc3cc(S(=O)(=O)CC)ccc3O)nnc12. The summed E-state index contributed by atoms with van der Waals surface area (Å²) in [6, 6.07) is 10.8. The number of phenols is 1. The molecule has 0 bridgehead atoms. The number of allylic oxidation sites excluding steroid dienone is 1. The van der Waals surface area contributed by atoms with Crippen LogP contribution in [0.4, 0.5) is 5.69 Å². The molecule has 4 aromatic rings. The third-order valence-electron chi connectivity index (χ3n) is 5.10. The summed E-state index contributed by atoms with van der Waals surface area (Å²) in [5, 5.41) is 21.8. The minimum Gasteiger partial charge on any atom is -0.506 e. The van der Waals surface area contributed by atoms with Crippen molar-refractivity contribution in [1.29, 1.82) is 0 Å². The summed E-state index contributed by atoms with van der Waals surface area (Å²) in [5.41, 5.74) is 0.379. The van der Waals surface area contributed by atoms with Crippen LogP contribution in [-0.2, 0) is 21.2 Å². The van der Waals surface area contributed by atoms with Gasteiger partial charge in [0.15, 0.2) is 15.0 Å². The second kappa shape index (κ2) is 9.31. The van der Waals surface area contributed by atoms with Gasteiger partial charge in [0, 0.05) is 6.54 Å². The van der Waals surface area contributed by atoms with Crippen molar-refractivity contribution in [1.82, 2.24) is 19.2 Å². The molecule has 4 rings (SSSR count). The number of carbonyl (C=O) groups excluding carboxylic acids is 1. The lowest BCUT2D eigenvalue weighted by atomic mass is 10.2. The van der Waals surface area contributed by atoms with E-state index in [0.717, 1.165) is 11.8 Å². The van der Waals surface area contributed by atoms with Gasteiger partial charge in [0.25, 0.3) is 5.56 Å².